The Morgan fingerprint density at radius 1 is 0.969 bits per heavy atom. The van der Waals surface area contributed by atoms with E-state index >= 15 is 0 Å². The van der Waals surface area contributed by atoms with Crippen LogP contribution in [0.25, 0.3) is 10.9 Å². The number of benzene rings is 3. The third-order valence-electron chi connectivity index (χ3n) is 6.05. The van der Waals surface area contributed by atoms with Crippen molar-refractivity contribution in [3.05, 3.63) is 95.2 Å². The van der Waals surface area contributed by atoms with E-state index in [2.05, 4.69) is 16.0 Å². The zero-order valence-electron chi connectivity index (χ0n) is 17.5. The first-order valence-electron chi connectivity index (χ1n) is 10.4. The number of carbonyl (C=O) groups is 2. The van der Waals surface area contributed by atoms with Crippen LogP contribution in [0.3, 0.4) is 0 Å². The number of methoxy groups -OCH3 is 1. The molecule has 2 heterocycles. The second kappa shape index (κ2) is 7.89. The molecule has 4 aromatic rings. The van der Waals surface area contributed by atoms with E-state index in [1.807, 2.05) is 30.3 Å². The molecule has 3 aromatic carbocycles. The van der Waals surface area contributed by atoms with Gasteiger partial charge in [-0.1, -0.05) is 18.2 Å². The highest BCUT2D eigenvalue weighted by molar-refractivity contribution is 6.04. The number of ketones is 1. The molecule has 1 unspecified atom stereocenters. The molecule has 0 aliphatic carbocycles. The third-order valence-corrected chi connectivity index (χ3v) is 6.05. The van der Waals surface area contributed by atoms with Crippen LogP contribution < -0.4 is 4.90 Å². The third kappa shape index (κ3) is 3.30. The Kier molecular flexibility index (Phi) is 4.90. The SMILES string of the molecule is COC(=O)c1ccc(N2CCc3c([nH]c4ccccc34)C2C(=O)c2ccc(O)cc2)cc1. The van der Waals surface area contributed by atoms with Crippen molar-refractivity contribution in [1.82, 2.24) is 4.98 Å². The fraction of sp³-hybridized carbons (Fsp3) is 0.154. The summed E-state index contributed by atoms with van der Waals surface area (Å²) in [4.78, 5) is 31.1. The molecule has 1 aromatic heterocycles. The normalized spacial score (nSPS) is 15.4. The van der Waals surface area contributed by atoms with Crippen LogP contribution in [-0.2, 0) is 11.2 Å². The Morgan fingerprint density at radius 2 is 1.66 bits per heavy atom. The Morgan fingerprint density at radius 3 is 2.38 bits per heavy atom. The van der Waals surface area contributed by atoms with Gasteiger partial charge in [-0.15, -0.1) is 0 Å². The van der Waals surface area contributed by atoms with Crippen molar-refractivity contribution in [3.8, 4) is 5.75 Å². The number of aromatic amines is 1. The summed E-state index contributed by atoms with van der Waals surface area (Å²) in [6.45, 7) is 0.654. The average Bonchev–Trinajstić information content (AvgIpc) is 3.22. The lowest BCUT2D eigenvalue weighted by atomic mass is 9.91. The molecule has 6 nitrogen and oxygen atoms in total. The quantitative estimate of drug-likeness (QED) is 0.367. The fourth-order valence-corrected chi connectivity index (χ4v) is 4.48. The molecule has 0 spiro atoms. The maximum Gasteiger partial charge on any atom is 0.337 e. The first-order valence-corrected chi connectivity index (χ1v) is 10.4. The van der Waals surface area contributed by atoms with Crippen LogP contribution in [0.4, 0.5) is 5.69 Å². The summed E-state index contributed by atoms with van der Waals surface area (Å²) < 4.78 is 4.80. The van der Waals surface area contributed by atoms with Crippen LogP contribution in [0.1, 0.15) is 38.0 Å². The van der Waals surface area contributed by atoms with Crippen molar-refractivity contribution in [1.29, 1.82) is 0 Å². The second-order valence-corrected chi connectivity index (χ2v) is 7.86. The fourth-order valence-electron chi connectivity index (χ4n) is 4.48. The summed E-state index contributed by atoms with van der Waals surface area (Å²) in [6.07, 6.45) is 0.789. The topological polar surface area (TPSA) is 82.6 Å². The van der Waals surface area contributed by atoms with Crippen LogP contribution >= 0.6 is 0 Å². The number of nitrogens with zero attached hydrogens (tertiary/aromatic N) is 1. The highest BCUT2D eigenvalue weighted by Crippen LogP contribution is 2.39. The van der Waals surface area contributed by atoms with Gasteiger partial charge in [0.1, 0.15) is 11.8 Å². The molecule has 0 fully saturated rings. The van der Waals surface area contributed by atoms with Gasteiger partial charge in [-0.3, -0.25) is 4.79 Å². The van der Waals surface area contributed by atoms with E-state index in [-0.39, 0.29) is 11.5 Å². The molecule has 0 amide bonds. The lowest BCUT2D eigenvalue weighted by Crippen LogP contribution is -2.40. The lowest BCUT2D eigenvalue weighted by Gasteiger charge is -2.36. The number of H-pyrrole nitrogens is 1. The predicted molar refractivity (Wildman–Crippen MR) is 122 cm³/mol. The van der Waals surface area contributed by atoms with E-state index in [0.717, 1.165) is 34.3 Å². The van der Waals surface area contributed by atoms with Gasteiger partial charge < -0.3 is 19.7 Å². The van der Waals surface area contributed by atoms with E-state index in [9.17, 15) is 14.7 Å². The minimum Gasteiger partial charge on any atom is -0.508 e. The first-order chi connectivity index (χ1) is 15.6. The summed E-state index contributed by atoms with van der Waals surface area (Å²) in [5.74, 6) is -0.342. The van der Waals surface area contributed by atoms with Gasteiger partial charge in [0.2, 0.25) is 0 Å². The van der Waals surface area contributed by atoms with E-state index < -0.39 is 12.0 Å². The molecule has 5 rings (SSSR count). The number of nitrogens with one attached hydrogen (secondary N) is 1. The number of rotatable bonds is 4. The molecule has 32 heavy (non-hydrogen) atoms. The molecule has 6 heteroatoms. The van der Waals surface area contributed by atoms with Gasteiger partial charge in [-0.25, -0.2) is 4.79 Å². The Bertz CT molecular complexity index is 1310. The number of phenolic OH excluding ortho intramolecular Hbond substituents is 1. The number of esters is 1. The average molecular weight is 426 g/mol. The van der Waals surface area contributed by atoms with Gasteiger partial charge in [0.25, 0.3) is 0 Å². The Hall–Kier alpha value is -4.06. The number of aromatic nitrogens is 1. The predicted octanol–water partition coefficient (Wildman–Crippen LogP) is 4.65. The maximum atomic E-state index is 13.7. The van der Waals surface area contributed by atoms with Gasteiger partial charge in [0, 0.05) is 28.7 Å². The van der Waals surface area contributed by atoms with Crippen molar-refractivity contribution in [2.24, 2.45) is 0 Å². The van der Waals surface area contributed by atoms with Crippen molar-refractivity contribution in [3.63, 3.8) is 0 Å². The zero-order valence-corrected chi connectivity index (χ0v) is 17.5. The molecule has 160 valence electrons. The first kappa shape index (κ1) is 19.9. The number of fused-ring (bicyclic) bond motifs is 3. The molecule has 1 atom stereocenters. The van der Waals surface area contributed by atoms with Crippen LogP contribution in [0.15, 0.2) is 72.8 Å². The molecule has 0 radical (unpaired) electrons. The lowest BCUT2D eigenvalue weighted by molar-refractivity contribution is 0.0600. The van der Waals surface area contributed by atoms with Crippen LogP contribution in [-0.4, -0.2) is 35.5 Å². The highest BCUT2D eigenvalue weighted by Gasteiger charge is 2.36. The van der Waals surface area contributed by atoms with Gasteiger partial charge in [0.15, 0.2) is 5.78 Å². The maximum absolute atomic E-state index is 13.7. The molecular weight excluding hydrogens is 404 g/mol. The molecule has 0 bridgehead atoms. The molecule has 1 aliphatic heterocycles. The van der Waals surface area contributed by atoms with Crippen molar-refractivity contribution < 1.29 is 19.4 Å². The monoisotopic (exact) mass is 426 g/mol. The zero-order chi connectivity index (χ0) is 22.2. The molecule has 0 saturated carbocycles. The number of carbonyl (C=O) groups excluding carboxylic acids is 2. The summed E-state index contributed by atoms with van der Waals surface area (Å²) in [5.41, 5.74) is 4.87. The standard InChI is InChI=1S/C26H22N2O4/c1-32-26(31)17-6-10-18(11-7-17)28-15-14-21-20-4-2-3-5-22(20)27-23(21)24(28)25(30)16-8-12-19(29)13-9-16/h2-13,24,27,29H,14-15H2,1H3. The highest BCUT2D eigenvalue weighted by atomic mass is 16.5. The molecular formula is C26H22N2O4. The number of hydrogen-bond acceptors (Lipinski definition) is 5. The number of Topliss-reactive ketones (excluding diaryl/α,β-unsaturated/α-hetero) is 1. The summed E-state index contributed by atoms with van der Waals surface area (Å²) in [6, 6.07) is 21.0. The summed E-state index contributed by atoms with van der Waals surface area (Å²) in [7, 11) is 1.35. The van der Waals surface area contributed by atoms with Gasteiger partial charge in [-0.2, -0.15) is 0 Å². The Labute approximate surface area is 185 Å². The largest absolute Gasteiger partial charge is 0.508 e. The molecule has 2 N–H and O–H groups in total. The number of hydrogen-bond donors (Lipinski definition) is 2. The number of phenols is 1. The van der Waals surface area contributed by atoms with E-state index in [4.69, 9.17) is 4.74 Å². The van der Waals surface area contributed by atoms with E-state index in [1.54, 1.807) is 24.3 Å². The van der Waals surface area contributed by atoms with Gasteiger partial charge in [-0.05, 0) is 66.6 Å². The number of para-hydroxylation sites is 1. The van der Waals surface area contributed by atoms with Crippen molar-refractivity contribution >= 4 is 28.3 Å². The summed E-state index contributed by atoms with van der Waals surface area (Å²) >= 11 is 0. The van der Waals surface area contributed by atoms with Crippen LogP contribution in [0, 0.1) is 0 Å². The number of ether oxygens (including phenoxy) is 1. The molecule has 1 aliphatic rings. The van der Waals surface area contributed by atoms with Crippen molar-refractivity contribution in [2.45, 2.75) is 12.5 Å². The van der Waals surface area contributed by atoms with E-state index in [0.29, 0.717) is 17.7 Å². The smallest absolute Gasteiger partial charge is 0.337 e. The van der Waals surface area contributed by atoms with Crippen molar-refractivity contribution in [2.75, 3.05) is 18.6 Å². The van der Waals surface area contributed by atoms with Crippen LogP contribution in [0.2, 0.25) is 0 Å². The minimum atomic E-state index is -0.556. The molecule has 0 saturated heterocycles. The van der Waals surface area contributed by atoms with Gasteiger partial charge >= 0.3 is 5.97 Å². The second-order valence-electron chi connectivity index (χ2n) is 7.86. The van der Waals surface area contributed by atoms with E-state index in [1.165, 1.54) is 19.2 Å². The number of anilines is 1. The van der Waals surface area contributed by atoms with Gasteiger partial charge in [0.05, 0.1) is 18.4 Å². The Balaban J connectivity index is 1.62. The number of aromatic hydroxyl groups is 1. The van der Waals surface area contributed by atoms with Crippen LogP contribution in [0.5, 0.6) is 5.75 Å². The summed E-state index contributed by atoms with van der Waals surface area (Å²) in [5, 5.41) is 10.8. The minimum absolute atomic E-state index is 0.0606.